The molecule has 0 amide bonds. The largest absolute Gasteiger partial charge is 0.505 e. The predicted molar refractivity (Wildman–Crippen MR) is 70.9 cm³/mol. The molecule has 2 aromatic heterocycles. The highest BCUT2D eigenvalue weighted by Crippen LogP contribution is 2.35. The van der Waals surface area contributed by atoms with Gasteiger partial charge in [0, 0.05) is 16.8 Å². The first-order valence-corrected chi connectivity index (χ1v) is 5.86. The summed E-state index contributed by atoms with van der Waals surface area (Å²) in [6.07, 6.45) is 3.25. The number of aryl methyl sites for hydroxylation is 1. The Hall–Kier alpha value is -2.00. The number of aromatic nitrogens is 1. The van der Waals surface area contributed by atoms with Gasteiger partial charge < -0.3 is 9.52 Å². The molecule has 0 unspecified atom stereocenters. The van der Waals surface area contributed by atoms with Crippen molar-refractivity contribution in [2.24, 2.45) is 0 Å². The minimum Gasteiger partial charge on any atom is -0.505 e. The molecule has 0 saturated carbocycles. The van der Waals surface area contributed by atoms with E-state index in [2.05, 4.69) is 4.98 Å². The van der Waals surface area contributed by atoms with Crippen molar-refractivity contribution < 1.29 is 9.52 Å². The molecule has 1 aromatic carbocycles. The van der Waals surface area contributed by atoms with E-state index in [1.165, 1.54) is 0 Å². The van der Waals surface area contributed by atoms with E-state index in [-0.39, 0.29) is 5.75 Å². The minimum atomic E-state index is 0.163. The topological polar surface area (TPSA) is 46.3 Å². The monoisotopic (exact) mass is 259 g/mol. The Morgan fingerprint density at radius 3 is 2.61 bits per heavy atom. The van der Waals surface area contributed by atoms with Gasteiger partial charge in [-0.25, -0.2) is 0 Å². The van der Waals surface area contributed by atoms with Crippen molar-refractivity contribution in [1.29, 1.82) is 0 Å². The van der Waals surface area contributed by atoms with Gasteiger partial charge in [-0.2, -0.15) is 0 Å². The lowest BCUT2D eigenvalue weighted by Crippen LogP contribution is -1.82. The van der Waals surface area contributed by atoms with E-state index in [4.69, 9.17) is 16.0 Å². The van der Waals surface area contributed by atoms with E-state index in [1.54, 1.807) is 31.5 Å². The maximum Gasteiger partial charge on any atom is 0.147 e. The van der Waals surface area contributed by atoms with Gasteiger partial charge in [-0.05, 0) is 31.2 Å². The number of rotatable bonds is 1. The zero-order valence-corrected chi connectivity index (χ0v) is 10.4. The average Bonchev–Trinajstić information content (AvgIpc) is 2.79. The van der Waals surface area contributed by atoms with Crippen LogP contribution in [0.3, 0.4) is 0 Å². The standard InChI is InChI=1S/C14H10ClNO2/c1-8-13(17)12-7-18-14(11(12)6-16-8)9-2-4-10(15)5-3-9/h2-7,17H,1H3. The van der Waals surface area contributed by atoms with E-state index in [9.17, 15) is 5.11 Å². The van der Waals surface area contributed by atoms with Crippen molar-refractivity contribution in [3.63, 3.8) is 0 Å². The van der Waals surface area contributed by atoms with Gasteiger partial charge in [-0.1, -0.05) is 11.6 Å². The number of hydrogen-bond acceptors (Lipinski definition) is 3. The van der Waals surface area contributed by atoms with Crippen molar-refractivity contribution in [3.8, 4) is 17.1 Å². The number of aromatic hydroxyl groups is 1. The Labute approximate surface area is 109 Å². The number of benzene rings is 1. The molecule has 90 valence electrons. The van der Waals surface area contributed by atoms with Gasteiger partial charge in [0.1, 0.15) is 17.8 Å². The van der Waals surface area contributed by atoms with Crippen LogP contribution >= 0.6 is 11.6 Å². The molecule has 0 bridgehead atoms. The molecule has 3 aromatic rings. The van der Waals surface area contributed by atoms with E-state index in [0.717, 1.165) is 10.9 Å². The Morgan fingerprint density at radius 1 is 1.17 bits per heavy atom. The maximum absolute atomic E-state index is 9.92. The first-order valence-electron chi connectivity index (χ1n) is 5.48. The molecule has 0 atom stereocenters. The van der Waals surface area contributed by atoms with Gasteiger partial charge in [0.2, 0.25) is 0 Å². The fourth-order valence-electron chi connectivity index (χ4n) is 1.92. The number of nitrogens with zero attached hydrogens (tertiary/aromatic N) is 1. The van der Waals surface area contributed by atoms with E-state index >= 15 is 0 Å². The van der Waals surface area contributed by atoms with Crippen LogP contribution in [0, 0.1) is 6.92 Å². The second-order valence-electron chi connectivity index (χ2n) is 4.09. The van der Waals surface area contributed by atoms with Crippen molar-refractivity contribution in [1.82, 2.24) is 4.98 Å². The molecule has 4 heteroatoms. The molecule has 3 rings (SSSR count). The van der Waals surface area contributed by atoms with Gasteiger partial charge in [0.05, 0.1) is 16.5 Å². The molecule has 3 nitrogen and oxygen atoms in total. The Balaban J connectivity index is 2.25. The maximum atomic E-state index is 9.92. The van der Waals surface area contributed by atoms with Crippen LogP contribution in [0.15, 0.2) is 41.1 Å². The van der Waals surface area contributed by atoms with Crippen LogP contribution in [-0.2, 0) is 0 Å². The smallest absolute Gasteiger partial charge is 0.147 e. The molecule has 0 fully saturated rings. The summed E-state index contributed by atoms with van der Waals surface area (Å²) in [5.41, 5.74) is 1.49. The van der Waals surface area contributed by atoms with Crippen molar-refractivity contribution >= 4 is 22.4 Å². The molecule has 1 N–H and O–H groups in total. The normalized spacial score (nSPS) is 11.0. The third kappa shape index (κ3) is 1.64. The predicted octanol–water partition coefficient (Wildman–Crippen LogP) is 4.16. The van der Waals surface area contributed by atoms with Gasteiger partial charge in [0.15, 0.2) is 0 Å². The zero-order chi connectivity index (χ0) is 12.7. The van der Waals surface area contributed by atoms with E-state index in [1.807, 2.05) is 12.1 Å². The second kappa shape index (κ2) is 4.03. The lowest BCUT2D eigenvalue weighted by atomic mass is 10.1. The Bertz CT molecular complexity index is 716. The molecule has 0 aliphatic carbocycles. The molecule has 2 heterocycles. The summed E-state index contributed by atoms with van der Waals surface area (Å²) in [4.78, 5) is 4.15. The lowest BCUT2D eigenvalue weighted by molar-refractivity contribution is 0.473. The van der Waals surface area contributed by atoms with Gasteiger partial charge >= 0.3 is 0 Å². The number of furan rings is 1. The minimum absolute atomic E-state index is 0.163. The Kier molecular flexibility index (Phi) is 2.49. The highest BCUT2D eigenvalue weighted by atomic mass is 35.5. The van der Waals surface area contributed by atoms with Crippen LogP contribution in [0.25, 0.3) is 22.1 Å². The van der Waals surface area contributed by atoms with E-state index < -0.39 is 0 Å². The zero-order valence-electron chi connectivity index (χ0n) is 9.64. The summed E-state index contributed by atoms with van der Waals surface area (Å²) in [5, 5.41) is 12.1. The third-order valence-corrected chi connectivity index (χ3v) is 3.17. The van der Waals surface area contributed by atoms with Crippen LogP contribution in [0.4, 0.5) is 0 Å². The first kappa shape index (κ1) is 11.1. The molecular formula is C14H10ClNO2. The molecule has 0 saturated heterocycles. The quantitative estimate of drug-likeness (QED) is 0.714. The highest BCUT2D eigenvalue weighted by Gasteiger charge is 2.13. The Morgan fingerprint density at radius 2 is 1.89 bits per heavy atom. The second-order valence-corrected chi connectivity index (χ2v) is 4.53. The fraction of sp³-hybridized carbons (Fsp3) is 0.0714. The van der Waals surface area contributed by atoms with Gasteiger partial charge in [-0.3, -0.25) is 4.98 Å². The lowest BCUT2D eigenvalue weighted by Gasteiger charge is -2.00. The molecule has 18 heavy (non-hydrogen) atoms. The van der Waals surface area contributed by atoms with Crippen molar-refractivity contribution in [2.45, 2.75) is 6.92 Å². The van der Waals surface area contributed by atoms with Crippen LogP contribution < -0.4 is 0 Å². The fourth-order valence-corrected chi connectivity index (χ4v) is 2.05. The SMILES string of the molecule is Cc1ncc2c(-c3ccc(Cl)cc3)occ2c1O. The van der Waals surface area contributed by atoms with Crippen LogP contribution in [0.1, 0.15) is 5.69 Å². The molecule has 0 spiro atoms. The third-order valence-electron chi connectivity index (χ3n) is 2.92. The summed E-state index contributed by atoms with van der Waals surface area (Å²) in [6, 6.07) is 7.34. The van der Waals surface area contributed by atoms with Gasteiger partial charge in [0.25, 0.3) is 0 Å². The molecule has 0 aliphatic rings. The van der Waals surface area contributed by atoms with Crippen molar-refractivity contribution in [2.75, 3.05) is 0 Å². The molecular weight excluding hydrogens is 250 g/mol. The van der Waals surface area contributed by atoms with Crippen LogP contribution in [-0.4, -0.2) is 10.1 Å². The summed E-state index contributed by atoms with van der Waals surface area (Å²) in [7, 11) is 0. The average molecular weight is 260 g/mol. The number of halogens is 1. The summed E-state index contributed by atoms with van der Waals surface area (Å²) < 4.78 is 5.53. The summed E-state index contributed by atoms with van der Waals surface area (Å²) >= 11 is 5.85. The summed E-state index contributed by atoms with van der Waals surface area (Å²) in [5.74, 6) is 0.848. The number of hydrogen-bond donors (Lipinski definition) is 1. The number of pyridine rings is 1. The van der Waals surface area contributed by atoms with Crippen LogP contribution in [0.2, 0.25) is 5.02 Å². The van der Waals surface area contributed by atoms with E-state index in [0.29, 0.717) is 21.9 Å². The first-order chi connectivity index (χ1) is 8.66. The van der Waals surface area contributed by atoms with Crippen LogP contribution in [0.5, 0.6) is 5.75 Å². The molecule has 0 radical (unpaired) electrons. The van der Waals surface area contributed by atoms with Gasteiger partial charge in [-0.15, -0.1) is 0 Å². The highest BCUT2D eigenvalue weighted by molar-refractivity contribution is 6.30. The van der Waals surface area contributed by atoms with Crippen molar-refractivity contribution in [3.05, 3.63) is 47.4 Å². The molecule has 0 aliphatic heterocycles. The summed E-state index contributed by atoms with van der Waals surface area (Å²) in [6.45, 7) is 1.75. The number of fused-ring (bicyclic) bond motifs is 1.